The van der Waals surface area contributed by atoms with Gasteiger partial charge in [0.25, 0.3) is 0 Å². The Hall–Kier alpha value is -4.60. The van der Waals surface area contributed by atoms with E-state index in [1.165, 1.54) is 6.92 Å². The highest BCUT2D eigenvalue weighted by atomic mass is 35.5. The first-order chi connectivity index (χ1) is 17.4. The Morgan fingerprint density at radius 3 is 1.32 bits per heavy atom. The van der Waals surface area contributed by atoms with E-state index in [-0.39, 0.29) is 66.8 Å². The molecule has 0 heterocycles. The summed E-state index contributed by atoms with van der Waals surface area (Å²) in [5.41, 5.74) is 42.5. The van der Waals surface area contributed by atoms with Crippen LogP contribution in [0.5, 0.6) is 0 Å². The molecule has 218 valence electrons. The first-order valence-electron chi connectivity index (χ1n) is 10.6. The lowest BCUT2D eigenvalue weighted by Gasteiger charge is -2.25. The summed E-state index contributed by atoms with van der Waals surface area (Å²) in [5, 5.41) is 23.1. The van der Waals surface area contributed by atoms with E-state index in [2.05, 4.69) is 30.6 Å². The maximum atomic E-state index is 11.8. The normalized spacial score (nSPS) is 11.0. The van der Waals surface area contributed by atoms with Crippen molar-refractivity contribution in [1.82, 2.24) is 0 Å². The molecule has 2 aromatic rings. The summed E-state index contributed by atoms with van der Waals surface area (Å²) >= 11 is 0. The Labute approximate surface area is 249 Å². The molecule has 0 aliphatic heterocycles. The van der Waals surface area contributed by atoms with Crippen LogP contribution in [-0.2, 0) is 0 Å². The predicted molar refractivity (Wildman–Crippen MR) is 170 cm³/mol. The fourth-order valence-corrected chi connectivity index (χ4v) is 2.95. The van der Waals surface area contributed by atoms with Gasteiger partial charge >= 0.3 is 0 Å². The molecule has 0 bridgehead atoms. The van der Waals surface area contributed by atoms with Gasteiger partial charge in [0.2, 0.25) is 23.8 Å². The van der Waals surface area contributed by atoms with Crippen molar-refractivity contribution in [3.05, 3.63) is 59.2 Å². The van der Waals surface area contributed by atoms with Crippen LogP contribution < -0.4 is 45.0 Å². The summed E-state index contributed by atoms with van der Waals surface area (Å²) in [6.07, 6.45) is 0. The second-order valence-corrected chi connectivity index (χ2v) is 7.61. The topological polar surface area (TPSA) is 277 Å². The van der Waals surface area contributed by atoms with Crippen LogP contribution >= 0.6 is 37.2 Å². The number of nitrogens with zero attached hydrogens (tertiary/aromatic N) is 7. The zero-order valence-electron chi connectivity index (χ0n) is 21.8. The van der Waals surface area contributed by atoms with Crippen LogP contribution in [0.15, 0.2) is 73.1 Å². The second kappa shape index (κ2) is 17.1. The molecule has 0 radical (unpaired) electrons. The minimum atomic E-state index is -0.287. The number of Topliss-reactive ketones (excluding diaryl/α,β-unsaturated/α-hetero) is 1. The zero-order valence-corrected chi connectivity index (χ0v) is 24.3. The third kappa shape index (κ3) is 11.0. The van der Waals surface area contributed by atoms with Gasteiger partial charge in [-0.1, -0.05) is 0 Å². The number of carbonyl (C=O) groups excluding carboxylic acids is 1. The molecule has 18 heteroatoms. The van der Waals surface area contributed by atoms with E-state index in [1.807, 2.05) is 0 Å². The van der Waals surface area contributed by atoms with Crippen molar-refractivity contribution in [1.29, 1.82) is 0 Å². The van der Waals surface area contributed by atoms with Gasteiger partial charge in [0.15, 0.2) is 5.78 Å². The van der Waals surface area contributed by atoms with Crippen molar-refractivity contribution >= 4 is 89.6 Å². The number of rotatable bonds is 8. The molecule has 0 saturated heterocycles. The Balaban J connectivity index is 0. The van der Waals surface area contributed by atoms with Gasteiger partial charge < -0.3 is 40.1 Å². The Kier molecular flexibility index (Phi) is 16.0. The lowest BCUT2D eigenvalue weighted by molar-refractivity contribution is 0.101. The molecule has 40 heavy (non-hydrogen) atoms. The van der Waals surface area contributed by atoms with Crippen LogP contribution in [0.2, 0.25) is 0 Å². The van der Waals surface area contributed by atoms with Gasteiger partial charge in [-0.05, 0) is 63.2 Å². The van der Waals surface area contributed by atoms with E-state index in [0.717, 1.165) is 0 Å². The van der Waals surface area contributed by atoms with Crippen molar-refractivity contribution in [3.8, 4) is 0 Å². The average molecular weight is 616 g/mol. The molecule has 15 nitrogen and oxygen atoms in total. The summed E-state index contributed by atoms with van der Waals surface area (Å²) in [5.74, 6) is -0.874. The van der Waals surface area contributed by atoms with Gasteiger partial charge in [-0.2, -0.15) is 10.2 Å². The number of benzene rings is 2. The highest BCUT2D eigenvalue weighted by molar-refractivity contribution is 6.09. The summed E-state index contributed by atoms with van der Waals surface area (Å²) in [7, 11) is 0. The molecule has 0 fully saturated rings. The van der Waals surface area contributed by atoms with Crippen LogP contribution in [0.25, 0.3) is 0 Å². The van der Waals surface area contributed by atoms with Crippen molar-refractivity contribution in [2.75, 3.05) is 4.90 Å². The fourth-order valence-electron chi connectivity index (χ4n) is 2.95. The lowest BCUT2D eigenvalue weighted by atomic mass is 10.0. The number of halogens is 3. The SMILES string of the molecule is CC(=O)c1ccc(N(C(N)=NN=C(N)N)c2cc(C(C)=NN=C(N)N)cc(C(C)=NN=C(N)N)c2)cc1.Cl.Cl.Cl. The van der Waals surface area contributed by atoms with Crippen LogP contribution in [0.4, 0.5) is 11.4 Å². The van der Waals surface area contributed by atoms with E-state index >= 15 is 0 Å². The molecule has 0 saturated carbocycles. The minimum Gasteiger partial charge on any atom is -0.369 e. The van der Waals surface area contributed by atoms with Crippen LogP contribution in [0.3, 0.4) is 0 Å². The van der Waals surface area contributed by atoms with Crippen LogP contribution in [-0.4, -0.2) is 41.0 Å². The highest BCUT2D eigenvalue weighted by Gasteiger charge is 2.18. The number of hydrogen-bond acceptors (Lipinski definition) is 7. The molecule has 0 spiro atoms. The van der Waals surface area contributed by atoms with E-state index < -0.39 is 0 Å². The molecule has 0 unspecified atom stereocenters. The summed E-state index contributed by atoms with van der Waals surface area (Å²) in [6, 6.07) is 12.0. The average Bonchev–Trinajstić information content (AvgIpc) is 2.84. The molecule has 2 aromatic carbocycles. The van der Waals surface area contributed by atoms with Crippen LogP contribution in [0.1, 0.15) is 42.3 Å². The second-order valence-electron chi connectivity index (χ2n) is 7.61. The first-order valence-corrected chi connectivity index (χ1v) is 10.6. The van der Waals surface area contributed by atoms with E-state index in [9.17, 15) is 4.79 Å². The largest absolute Gasteiger partial charge is 0.369 e. The third-order valence-corrected chi connectivity index (χ3v) is 4.67. The molecule has 0 aliphatic rings. The van der Waals surface area contributed by atoms with Crippen LogP contribution in [0, 0.1) is 0 Å². The summed E-state index contributed by atoms with van der Waals surface area (Å²) in [4.78, 5) is 13.3. The zero-order chi connectivity index (χ0) is 27.7. The first kappa shape index (κ1) is 37.6. The van der Waals surface area contributed by atoms with E-state index in [0.29, 0.717) is 39.5 Å². The van der Waals surface area contributed by atoms with Gasteiger partial charge in [0.1, 0.15) is 0 Å². The molecule has 0 aliphatic carbocycles. The number of carbonyl (C=O) groups is 1. The molecule has 0 amide bonds. The molecular weight excluding hydrogens is 583 g/mol. The van der Waals surface area contributed by atoms with Crippen molar-refractivity contribution in [3.63, 3.8) is 0 Å². The van der Waals surface area contributed by atoms with Crippen molar-refractivity contribution in [2.45, 2.75) is 20.8 Å². The quantitative estimate of drug-likeness (QED) is 0.0954. The van der Waals surface area contributed by atoms with E-state index in [1.54, 1.807) is 61.2 Å². The number of nitrogens with two attached hydrogens (primary N) is 7. The highest BCUT2D eigenvalue weighted by Crippen LogP contribution is 2.29. The number of guanidine groups is 4. The van der Waals surface area contributed by atoms with Gasteiger partial charge in [0.05, 0.1) is 17.1 Å². The van der Waals surface area contributed by atoms with Gasteiger partial charge in [-0.15, -0.1) is 57.6 Å². The maximum absolute atomic E-state index is 11.8. The molecule has 2 rings (SSSR count). The predicted octanol–water partition coefficient (Wildman–Crippen LogP) is 0.791. The van der Waals surface area contributed by atoms with Crippen molar-refractivity contribution in [2.24, 2.45) is 70.7 Å². The number of hydrogen-bond donors (Lipinski definition) is 7. The number of ketones is 1. The van der Waals surface area contributed by atoms with Gasteiger partial charge in [-0.25, -0.2) is 0 Å². The third-order valence-electron chi connectivity index (χ3n) is 4.67. The maximum Gasteiger partial charge on any atom is 0.225 e. The van der Waals surface area contributed by atoms with Gasteiger partial charge in [-0.3, -0.25) is 9.69 Å². The minimum absolute atomic E-state index is 0. The molecular formula is C22H33Cl3N14O. The van der Waals surface area contributed by atoms with Gasteiger partial charge in [0, 0.05) is 22.4 Å². The fraction of sp³-hybridized carbons (Fsp3) is 0.136. The molecule has 0 aromatic heterocycles. The lowest BCUT2D eigenvalue weighted by Crippen LogP contribution is -2.34. The smallest absolute Gasteiger partial charge is 0.225 e. The Morgan fingerprint density at radius 1 is 0.550 bits per heavy atom. The van der Waals surface area contributed by atoms with Crippen molar-refractivity contribution < 1.29 is 4.79 Å². The van der Waals surface area contributed by atoms with E-state index in [4.69, 9.17) is 40.1 Å². The summed E-state index contributed by atoms with van der Waals surface area (Å²) < 4.78 is 0. The number of anilines is 2. The Bertz CT molecular complexity index is 1290. The standard InChI is InChI=1S/C22H30N14O.3ClH/c1-11(30-32-19(23)24)15-8-16(12(2)31-33-20(25)26)10-18(9-15)36(22(29)35-34-21(27)28)17-6-4-14(5-7-17)13(3)37;;;/h4-10H,1-3H3,(H2,29,35)(H4,23,24,32)(H4,25,26,33)(H4,27,28,34);3*1H. The summed E-state index contributed by atoms with van der Waals surface area (Å²) in [6.45, 7) is 4.88. The molecule has 0 atom stereocenters. The molecule has 14 N–H and O–H groups in total. The Morgan fingerprint density at radius 2 is 0.950 bits per heavy atom. The monoisotopic (exact) mass is 614 g/mol.